The molecular formula is C12H18FN3O3S. The molecule has 20 heavy (non-hydrogen) atoms. The standard InChI is InChI=1S/C12H18FN3O3S/c1-7-5-8(13)10(6-9(7)14)20(18,19)16-11(17)15-12(2,3)4/h5-6H,14H2,1-4H3,(H2,15,16,17). The first-order chi connectivity index (χ1) is 8.92. The summed E-state index contributed by atoms with van der Waals surface area (Å²) in [6, 6.07) is 1.05. The molecule has 0 aromatic heterocycles. The topological polar surface area (TPSA) is 101 Å². The van der Waals surface area contributed by atoms with E-state index < -0.39 is 32.3 Å². The number of amides is 2. The first-order valence-corrected chi connectivity index (χ1v) is 7.31. The molecular weight excluding hydrogens is 285 g/mol. The van der Waals surface area contributed by atoms with Gasteiger partial charge in [-0.15, -0.1) is 0 Å². The maximum Gasteiger partial charge on any atom is 0.329 e. The predicted molar refractivity (Wildman–Crippen MR) is 74.2 cm³/mol. The third kappa shape index (κ3) is 4.09. The highest BCUT2D eigenvalue weighted by Crippen LogP contribution is 2.21. The number of sulfonamides is 1. The van der Waals surface area contributed by atoms with Gasteiger partial charge in [0.15, 0.2) is 0 Å². The Morgan fingerprint density at radius 2 is 1.85 bits per heavy atom. The minimum atomic E-state index is -4.32. The van der Waals surface area contributed by atoms with Crippen molar-refractivity contribution in [1.82, 2.24) is 10.0 Å². The summed E-state index contributed by atoms with van der Waals surface area (Å²) < 4.78 is 39.3. The molecule has 2 amide bonds. The lowest BCUT2D eigenvalue weighted by Crippen LogP contribution is -2.48. The van der Waals surface area contributed by atoms with E-state index in [1.807, 2.05) is 0 Å². The van der Waals surface area contributed by atoms with E-state index in [1.54, 1.807) is 32.4 Å². The SMILES string of the molecule is Cc1cc(F)c(S(=O)(=O)NC(=O)NC(C)(C)C)cc1N. The molecule has 1 aromatic rings. The van der Waals surface area contributed by atoms with Crippen LogP contribution in [0.4, 0.5) is 14.9 Å². The van der Waals surface area contributed by atoms with Gasteiger partial charge in [-0.05, 0) is 45.4 Å². The van der Waals surface area contributed by atoms with Crippen LogP contribution >= 0.6 is 0 Å². The number of rotatable bonds is 2. The molecule has 0 atom stereocenters. The van der Waals surface area contributed by atoms with Crippen LogP contribution in [0.1, 0.15) is 26.3 Å². The summed E-state index contributed by atoms with van der Waals surface area (Å²) in [6.07, 6.45) is 0. The summed E-state index contributed by atoms with van der Waals surface area (Å²) in [4.78, 5) is 10.9. The van der Waals surface area contributed by atoms with E-state index in [2.05, 4.69) is 5.32 Å². The Kier molecular flexibility index (Phi) is 4.28. The lowest BCUT2D eigenvalue weighted by atomic mass is 10.1. The Morgan fingerprint density at radius 1 is 1.30 bits per heavy atom. The minimum absolute atomic E-state index is 0.128. The molecule has 0 spiro atoms. The highest BCUT2D eigenvalue weighted by atomic mass is 32.2. The highest BCUT2D eigenvalue weighted by Gasteiger charge is 2.24. The van der Waals surface area contributed by atoms with Crippen molar-refractivity contribution in [2.24, 2.45) is 0 Å². The number of nitrogens with one attached hydrogen (secondary N) is 2. The van der Waals surface area contributed by atoms with Crippen LogP contribution in [-0.2, 0) is 10.0 Å². The molecule has 112 valence electrons. The van der Waals surface area contributed by atoms with Crippen molar-refractivity contribution in [1.29, 1.82) is 0 Å². The first-order valence-electron chi connectivity index (χ1n) is 5.83. The molecule has 1 aromatic carbocycles. The molecule has 0 saturated heterocycles. The molecule has 0 heterocycles. The van der Waals surface area contributed by atoms with Gasteiger partial charge in [0, 0.05) is 11.2 Å². The third-order valence-corrected chi connectivity index (χ3v) is 3.67. The number of carbonyl (C=O) groups excluding carboxylic acids is 1. The summed E-state index contributed by atoms with van der Waals surface area (Å²) in [6.45, 7) is 6.60. The third-order valence-electron chi connectivity index (χ3n) is 2.33. The number of halogens is 1. The van der Waals surface area contributed by atoms with Gasteiger partial charge in [-0.3, -0.25) is 0 Å². The summed E-state index contributed by atoms with van der Waals surface area (Å²) >= 11 is 0. The fourth-order valence-corrected chi connectivity index (χ4v) is 2.42. The summed E-state index contributed by atoms with van der Waals surface area (Å²) in [5, 5.41) is 2.41. The number of anilines is 1. The zero-order valence-corrected chi connectivity index (χ0v) is 12.6. The molecule has 0 saturated carbocycles. The van der Waals surface area contributed by atoms with Crippen molar-refractivity contribution in [3.05, 3.63) is 23.5 Å². The van der Waals surface area contributed by atoms with Gasteiger partial charge in [-0.25, -0.2) is 22.3 Å². The van der Waals surface area contributed by atoms with Crippen LogP contribution in [0.15, 0.2) is 17.0 Å². The monoisotopic (exact) mass is 303 g/mol. The fraction of sp³-hybridized carbons (Fsp3) is 0.417. The number of nitrogens with two attached hydrogens (primary N) is 1. The van der Waals surface area contributed by atoms with Crippen LogP contribution < -0.4 is 15.8 Å². The number of aryl methyl sites for hydroxylation is 1. The average molecular weight is 303 g/mol. The van der Waals surface area contributed by atoms with E-state index >= 15 is 0 Å². The normalized spacial score (nSPS) is 12.1. The van der Waals surface area contributed by atoms with Crippen LogP contribution in [0.2, 0.25) is 0 Å². The molecule has 6 nitrogen and oxygen atoms in total. The van der Waals surface area contributed by atoms with Crippen LogP contribution in [0.5, 0.6) is 0 Å². The number of carbonyl (C=O) groups is 1. The molecule has 8 heteroatoms. The Bertz CT molecular complexity index is 636. The maximum absolute atomic E-state index is 13.7. The van der Waals surface area contributed by atoms with Crippen molar-refractivity contribution in [2.75, 3.05) is 5.73 Å². The van der Waals surface area contributed by atoms with Crippen molar-refractivity contribution in [2.45, 2.75) is 38.1 Å². The van der Waals surface area contributed by atoms with E-state index in [1.165, 1.54) is 0 Å². The van der Waals surface area contributed by atoms with E-state index in [-0.39, 0.29) is 5.69 Å². The number of nitrogen functional groups attached to an aromatic ring is 1. The molecule has 1 rings (SSSR count). The summed E-state index contributed by atoms with van der Waals surface area (Å²) in [5.41, 5.74) is 5.48. The van der Waals surface area contributed by atoms with Gasteiger partial charge < -0.3 is 11.1 Å². The molecule has 0 aliphatic heterocycles. The largest absolute Gasteiger partial charge is 0.398 e. The zero-order valence-electron chi connectivity index (χ0n) is 11.7. The first kappa shape index (κ1) is 16.2. The lowest BCUT2D eigenvalue weighted by molar-refractivity contribution is 0.237. The molecule has 4 N–H and O–H groups in total. The smallest absolute Gasteiger partial charge is 0.329 e. The average Bonchev–Trinajstić information content (AvgIpc) is 2.19. The predicted octanol–water partition coefficient (Wildman–Crippen LogP) is 1.50. The van der Waals surface area contributed by atoms with Gasteiger partial charge in [-0.2, -0.15) is 0 Å². The lowest BCUT2D eigenvalue weighted by Gasteiger charge is -2.20. The van der Waals surface area contributed by atoms with Gasteiger partial charge >= 0.3 is 6.03 Å². The molecule has 0 radical (unpaired) electrons. The number of hydrogen-bond acceptors (Lipinski definition) is 4. The second-order valence-corrected chi connectivity index (χ2v) is 7.10. The van der Waals surface area contributed by atoms with Crippen molar-refractivity contribution in [3.63, 3.8) is 0 Å². The van der Waals surface area contributed by atoms with Crippen molar-refractivity contribution in [3.8, 4) is 0 Å². The second-order valence-electron chi connectivity index (χ2n) is 5.45. The Morgan fingerprint density at radius 3 is 2.35 bits per heavy atom. The van der Waals surface area contributed by atoms with E-state index in [0.717, 1.165) is 12.1 Å². The second kappa shape index (κ2) is 5.28. The molecule has 0 unspecified atom stereocenters. The van der Waals surface area contributed by atoms with Gasteiger partial charge in [-0.1, -0.05) is 0 Å². The number of hydrogen-bond donors (Lipinski definition) is 3. The van der Waals surface area contributed by atoms with Crippen LogP contribution in [0, 0.1) is 12.7 Å². The Labute approximate surface area is 117 Å². The van der Waals surface area contributed by atoms with Crippen molar-refractivity contribution < 1.29 is 17.6 Å². The van der Waals surface area contributed by atoms with Crippen LogP contribution in [-0.4, -0.2) is 20.0 Å². The van der Waals surface area contributed by atoms with Gasteiger partial charge in [0.25, 0.3) is 10.0 Å². The summed E-state index contributed by atoms with van der Waals surface area (Å²) in [5.74, 6) is -0.965. The van der Waals surface area contributed by atoms with Gasteiger partial charge in [0.05, 0.1) is 0 Å². The van der Waals surface area contributed by atoms with Crippen LogP contribution in [0.3, 0.4) is 0 Å². The molecule has 0 aliphatic carbocycles. The van der Waals surface area contributed by atoms with E-state index in [9.17, 15) is 17.6 Å². The molecule has 0 fully saturated rings. The minimum Gasteiger partial charge on any atom is -0.398 e. The quantitative estimate of drug-likeness (QED) is 0.721. The van der Waals surface area contributed by atoms with E-state index in [0.29, 0.717) is 5.56 Å². The van der Waals surface area contributed by atoms with Crippen molar-refractivity contribution >= 4 is 21.7 Å². The summed E-state index contributed by atoms with van der Waals surface area (Å²) in [7, 11) is -4.32. The number of urea groups is 1. The van der Waals surface area contributed by atoms with Gasteiger partial charge in [0.2, 0.25) is 0 Å². The maximum atomic E-state index is 13.7. The fourth-order valence-electron chi connectivity index (χ4n) is 1.42. The van der Waals surface area contributed by atoms with Crippen LogP contribution in [0.25, 0.3) is 0 Å². The Balaban J connectivity index is 3.07. The van der Waals surface area contributed by atoms with Gasteiger partial charge in [0.1, 0.15) is 10.7 Å². The molecule has 0 aliphatic rings. The van der Waals surface area contributed by atoms with E-state index in [4.69, 9.17) is 5.73 Å². The highest BCUT2D eigenvalue weighted by molar-refractivity contribution is 7.90. The molecule has 0 bridgehead atoms. The Hall–Kier alpha value is -1.83. The number of benzene rings is 1. The zero-order chi connectivity index (χ0) is 15.7.